The lowest BCUT2D eigenvalue weighted by molar-refractivity contribution is 0.0255. The number of hydrogen-bond acceptors (Lipinski definition) is 5. The Labute approximate surface area is 176 Å². The highest BCUT2D eigenvalue weighted by atomic mass is 32.3. The first-order valence-electron chi connectivity index (χ1n) is 11.4. The maximum atomic E-state index is 11.8. The van der Waals surface area contributed by atoms with E-state index in [1.165, 1.54) is 70.6 Å². The highest BCUT2D eigenvalue weighted by Crippen LogP contribution is 2.31. The van der Waals surface area contributed by atoms with Gasteiger partial charge in [-0.25, -0.2) is 8.37 Å². The van der Waals surface area contributed by atoms with Crippen LogP contribution in [0.3, 0.4) is 0 Å². The molecule has 0 aliphatic heterocycles. The van der Waals surface area contributed by atoms with E-state index in [0.29, 0.717) is 0 Å². The van der Waals surface area contributed by atoms with Gasteiger partial charge in [0.15, 0.2) is 0 Å². The quantitative estimate of drug-likeness (QED) is 0.219. The zero-order chi connectivity index (χ0) is 20.6. The molecule has 1 atom stereocenters. The van der Waals surface area contributed by atoms with Crippen molar-refractivity contribution in [2.75, 3.05) is 6.61 Å². The number of hydrogen-bond donors (Lipinski definition) is 1. The summed E-state index contributed by atoms with van der Waals surface area (Å²) in [7, 11) is -3.90. The van der Waals surface area contributed by atoms with Crippen LogP contribution in [0.1, 0.15) is 125 Å². The van der Waals surface area contributed by atoms with Gasteiger partial charge in [0.2, 0.25) is 0 Å². The van der Waals surface area contributed by atoms with Crippen LogP contribution in [0, 0.1) is 5.92 Å². The molecule has 0 bridgehead atoms. The molecular formula is C22H49NO4S. The van der Waals surface area contributed by atoms with E-state index >= 15 is 0 Å². The summed E-state index contributed by atoms with van der Waals surface area (Å²) in [6.45, 7) is 9.84. The molecule has 0 aromatic heterocycles. The van der Waals surface area contributed by atoms with Gasteiger partial charge in [0, 0.05) is 0 Å². The molecule has 1 unspecified atom stereocenters. The molecule has 172 valence electrons. The van der Waals surface area contributed by atoms with E-state index in [9.17, 15) is 8.42 Å². The van der Waals surface area contributed by atoms with Gasteiger partial charge < -0.3 is 6.15 Å². The standard InChI is InChI=1S/C22H46O4S.H3N/c1-6-9-10-11-12-13-14-15-16-17-18-19-20-21(7-2)22(4,5)26-27(23,24)25-8-3;/h21H,6-20H2,1-5H3;1H3. The molecule has 6 heteroatoms. The largest absolute Gasteiger partial charge is 0.400 e. The van der Waals surface area contributed by atoms with Crippen LogP contribution in [-0.2, 0) is 18.8 Å². The first-order chi connectivity index (χ1) is 12.8. The van der Waals surface area contributed by atoms with Gasteiger partial charge in [0.1, 0.15) is 0 Å². The molecule has 0 saturated carbocycles. The van der Waals surface area contributed by atoms with Crippen molar-refractivity contribution < 1.29 is 16.8 Å². The summed E-state index contributed by atoms with van der Waals surface area (Å²) in [4.78, 5) is 0. The van der Waals surface area contributed by atoms with Gasteiger partial charge >= 0.3 is 10.4 Å². The highest BCUT2D eigenvalue weighted by Gasteiger charge is 2.34. The van der Waals surface area contributed by atoms with Crippen LogP contribution in [0.25, 0.3) is 0 Å². The van der Waals surface area contributed by atoms with Crippen LogP contribution in [0.4, 0.5) is 0 Å². The Kier molecular flexibility index (Phi) is 18.9. The SMILES string of the molecule is CCCCCCCCCCCCCCC(CC)C(C)(C)OS(=O)(=O)OCC.N. The Morgan fingerprint density at radius 3 is 1.57 bits per heavy atom. The van der Waals surface area contributed by atoms with Gasteiger partial charge in [-0.1, -0.05) is 97.3 Å². The maximum Gasteiger partial charge on any atom is 0.400 e. The van der Waals surface area contributed by atoms with Crippen LogP contribution in [0.5, 0.6) is 0 Å². The Balaban J connectivity index is 0. The topological polar surface area (TPSA) is 87.6 Å². The predicted octanol–water partition coefficient (Wildman–Crippen LogP) is 7.34. The molecule has 0 fully saturated rings. The van der Waals surface area contributed by atoms with Crippen molar-refractivity contribution in [2.24, 2.45) is 5.92 Å². The summed E-state index contributed by atoms with van der Waals surface area (Å²) >= 11 is 0. The molecule has 0 aromatic carbocycles. The molecular weight excluding hydrogens is 374 g/mol. The van der Waals surface area contributed by atoms with Gasteiger partial charge in [-0.15, -0.1) is 0 Å². The normalized spacial score (nSPS) is 13.3. The molecule has 0 aromatic rings. The van der Waals surface area contributed by atoms with Crippen molar-refractivity contribution in [1.82, 2.24) is 6.15 Å². The zero-order valence-corrected chi connectivity index (χ0v) is 20.2. The van der Waals surface area contributed by atoms with Crippen LogP contribution < -0.4 is 6.15 Å². The van der Waals surface area contributed by atoms with Crippen molar-refractivity contribution in [3.05, 3.63) is 0 Å². The Morgan fingerprint density at radius 1 is 0.750 bits per heavy atom. The molecule has 0 rings (SSSR count). The van der Waals surface area contributed by atoms with Gasteiger partial charge in [0.25, 0.3) is 0 Å². The van der Waals surface area contributed by atoms with E-state index in [1.807, 2.05) is 13.8 Å². The maximum absolute atomic E-state index is 11.8. The van der Waals surface area contributed by atoms with E-state index in [1.54, 1.807) is 6.92 Å². The van der Waals surface area contributed by atoms with E-state index in [4.69, 9.17) is 8.37 Å². The van der Waals surface area contributed by atoms with Crippen molar-refractivity contribution in [3.8, 4) is 0 Å². The van der Waals surface area contributed by atoms with Crippen LogP contribution >= 0.6 is 0 Å². The van der Waals surface area contributed by atoms with E-state index < -0.39 is 16.0 Å². The van der Waals surface area contributed by atoms with E-state index in [-0.39, 0.29) is 18.7 Å². The predicted molar refractivity (Wildman–Crippen MR) is 120 cm³/mol. The Bertz CT molecular complexity index is 438. The molecule has 0 saturated heterocycles. The number of rotatable bonds is 19. The fraction of sp³-hybridized carbons (Fsp3) is 1.00. The third-order valence-electron chi connectivity index (χ3n) is 5.46. The number of unbranched alkanes of at least 4 members (excludes halogenated alkanes) is 11. The van der Waals surface area contributed by atoms with Crippen molar-refractivity contribution in [1.29, 1.82) is 0 Å². The lowest BCUT2D eigenvalue weighted by Crippen LogP contribution is -2.37. The minimum absolute atomic E-state index is 0. The summed E-state index contributed by atoms with van der Waals surface area (Å²) in [5, 5.41) is 0. The summed E-state index contributed by atoms with van der Waals surface area (Å²) < 4.78 is 33.6. The molecule has 0 amide bonds. The molecule has 0 heterocycles. The van der Waals surface area contributed by atoms with Gasteiger partial charge in [-0.3, -0.25) is 0 Å². The summed E-state index contributed by atoms with van der Waals surface area (Å²) in [5.41, 5.74) is -0.722. The molecule has 0 aliphatic rings. The van der Waals surface area contributed by atoms with E-state index in [2.05, 4.69) is 13.8 Å². The molecule has 28 heavy (non-hydrogen) atoms. The second-order valence-electron chi connectivity index (χ2n) is 8.28. The Hall–Kier alpha value is -0.170. The first kappa shape index (κ1) is 30.0. The van der Waals surface area contributed by atoms with Crippen molar-refractivity contribution in [3.63, 3.8) is 0 Å². The van der Waals surface area contributed by atoms with Gasteiger partial charge in [0.05, 0.1) is 12.2 Å². The average Bonchev–Trinajstić information content (AvgIpc) is 2.57. The summed E-state index contributed by atoms with van der Waals surface area (Å²) in [6.07, 6.45) is 17.9. The molecule has 0 spiro atoms. The highest BCUT2D eigenvalue weighted by molar-refractivity contribution is 7.81. The third kappa shape index (κ3) is 15.7. The molecule has 0 radical (unpaired) electrons. The minimum atomic E-state index is -3.90. The second-order valence-corrected chi connectivity index (χ2v) is 9.50. The second kappa shape index (κ2) is 17.7. The molecule has 0 aliphatic carbocycles. The van der Waals surface area contributed by atoms with Crippen LogP contribution in [-0.4, -0.2) is 20.6 Å². The fourth-order valence-electron chi connectivity index (χ4n) is 3.77. The first-order valence-corrected chi connectivity index (χ1v) is 12.7. The summed E-state index contributed by atoms with van der Waals surface area (Å²) in [6, 6.07) is 0. The lowest BCUT2D eigenvalue weighted by atomic mass is 9.84. The van der Waals surface area contributed by atoms with Crippen LogP contribution in [0.2, 0.25) is 0 Å². The van der Waals surface area contributed by atoms with E-state index in [0.717, 1.165) is 19.3 Å². The summed E-state index contributed by atoms with van der Waals surface area (Å²) in [5.74, 6) is 0.218. The molecule has 3 N–H and O–H groups in total. The average molecular weight is 424 g/mol. The van der Waals surface area contributed by atoms with Crippen molar-refractivity contribution in [2.45, 2.75) is 130 Å². The monoisotopic (exact) mass is 423 g/mol. The molecule has 5 nitrogen and oxygen atoms in total. The third-order valence-corrected chi connectivity index (χ3v) is 6.62. The van der Waals surface area contributed by atoms with Gasteiger partial charge in [-0.05, 0) is 33.1 Å². The Morgan fingerprint density at radius 2 is 1.18 bits per heavy atom. The van der Waals surface area contributed by atoms with Crippen molar-refractivity contribution >= 4 is 10.4 Å². The fourth-order valence-corrected chi connectivity index (χ4v) is 4.77. The zero-order valence-electron chi connectivity index (χ0n) is 19.4. The van der Waals surface area contributed by atoms with Gasteiger partial charge in [-0.2, -0.15) is 8.42 Å². The lowest BCUT2D eigenvalue weighted by Gasteiger charge is -2.32. The van der Waals surface area contributed by atoms with Crippen LogP contribution in [0.15, 0.2) is 0 Å². The smallest absolute Gasteiger partial charge is 0.344 e. The minimum Gasteiger partial charge on any atom is -0.344 e.